The van der Waals surface area contributed by atoms with Crippen LogP contribution in [0.5, 0.6) is 0 Å². The summed E-state index contributed by atoms with van der Waals surface area (Å²) in [7, 11) is 0. The summed E-state index contributed by atoms with van der Waals surface area (Å²) in [4.78, 5) is 0. The third-order valence-electron chi connectivity index (χ3n) is 3.04. The average Bonchev–Trinajstić information content (AvgIpc) is 2.54. The summed E-state index contributed by atoms with van der Waals surface area (Å²) in [5, 5.41) is 17.9. The molecule has 2 nitrogen and oxygen atoms in total. The summed E-state index contributed by atoms with van der Waals surface area (Å²) in [5.41, 5.74) is 2.39. The molecule has 1 fully saturated rings. The van der Waals surface area contributed by atoms with E-state index in [1.807, 2.05) is 36.5 Å². The van der Waals surface area contributed by atoms with E-state index in [0.717, 1.165) is 18.4 Å². The van der Waals surface area contributed by atoms with Crippen LogP contribution in [0.2, 0.25) is 0 Å². The van der Waals surface area contributed by atoms with Crippen molar-refractivity contribution in [1.82, 2.24) is 0 Å². The first kappa shape index (κ1) is 10.5. The lowest BCUT2D eigenvalue weighted by Crippen LogP contribution is -2.01. The number of nitrogens with zero attached hydrogens (tertiary/aromatic N) is 2. The van der Waals surface area contributed by atoms with Gasteiger partial charge < -0.3 is 0 Å². The third kappa shape index (κ3) is 1.97. The van der Waals surface area contributed by atoms with E-state index in [4.69, 9.17) is 10.5 Å². The molecule has 2 aliphatic rings. The summed E-state index contributed by atoms with van der Waals surface area (Å²) >= 11 is 0. The van der Waals surface area contributed by atoms with Crippen LogP contribution in [0.3, 0.4) is 0 Å². The van der Waals surface area contributed by atoms with Crippen molar-refractivity contribution in [3.8, 4) is 12.1 Å². The van der Waals surface area contributed by atoms with E-state index in [-0.39, 0.29) is 11.8 Å². The number of hydrogen-bond donors (Lipinski definition) is 0. The van der Waals surface area contributed by atoms with Gasteiger partial charge in [-0.1, -0.05) is 42.0 Å². The van der Waals surface area contributed by atoms with E-state index in [9.17, 15) is 0 Å². The van der Waals surface area contributed by atoms with Gasteiger partial charge in [-0.2, -0.15) is 10.5 Å². The van der Waals surface area contributed by atoms with E-state index < -0.39 is 0 Å². The maximum Gasteiger partial charge on any atom is 0.0673 e. The van der Waals surface area contributed by atoms with Crippen LogP contribution in [0.15, 0.2) is 47.6 Å². The van der Waals surface area contributed by atoms with Crippen molar-refractivity contribution in [3.63, 3.8) is 0 Å². The summed E-state index contributed by atoms with van der Waals surface area (Å²) in [6.45, 7) is 0. The molecule has 1 saturated carbocycles. The van der Waals surface area contributed by atoms with Crippen LogP contribution >= 0.6 is 0 Å². The zero-order valence-corrected chi connectivity index (χ0v) is 8.93. The Hall–Kier alpha value is -2.06. The van der Waals surface area contributed by atoms with Crippen LogP contribution in [-0.4, -0.2) is 0 Å². The third-order valence-corrected chi connectivity index (χ3v) is 3.04. The molecule has 0 unspecified atom stereocenters. The Morgan fingerprint density at radius 3 is 1.81 bits per heavy atom. The lowest BCUT2D eigenvalue weighted by atomic mass is 10.00. The molecule has 0 aliphatic heterocycles. The van der Waals surface area contributed by atoms with Crippen molar-refractivity contribution in [3.05, 3.63) is 47.6 Å². The molecule has 0 bridgehead atoms. The van der Waals surface area contributed by atoms with Crippen LogP contribution < -0.4 is 0 Å². The second-order valence-electron chi connectivity index (χ2n) is 4.04. The normalized spacial score (nSPS) is 27.6. The van der Waals surface area contributed by atoms with Gasteiger partial charge in [-0.05, 0) is 18.4 Å². The Balaban J connectivity index is 2.28. The second kappa shape index (κ2) is 4.64. The number of allylic oxidation sites excluding steroid dienone is 8. The zero-order chi connectivity index (χ0) is 11.4. The van der Waals surface area contributed by atoms with Crippen molar-refractivity contribution in [2.75, 3.05) is 0 Å². The first-order valence-corrected chi connectivity index (χ1v) is 5.38. The van der Waals surface area contributed by atoms with Crippen LogP contribution in [0.1, 0.15) is 12.8 Å². The smallest absolute Gasteiger partial charge is 0.0673 e. The van der Waals surface area contributed by atoms with Gasteiger partial charge in [-0.3, -0.25) is 0 Å². The largest absolute Gasteiger partial charge is 0.198 e. The molecule has 0 N–H and O–H groups in total. The van der Waals surface area contributed by atoms with Gasteiger partial charge in [0.2, 0.25) is 0 Å². The molecule has 0 saturated heterocycles. The zero-order valence-electron chi connectivity index (χ0n) is 8.93. The number of rotatable bonds is 0. The van der Waals surface area contributed by atoms with Crippen molar-refractivity contribution in [2.45, 2.75) is 12.8 Å². The van der Waals surface area contributed by atoms with Gasteiger partial charge in [0.1, 0.15) is 0 Å². The van der Waals surface area contributed by atoms with Crippen molar-refractivity contribution < 1.29 is 0 Å². The topological polar surface area (TPSA) is 47.6 Å². The van der Waals surface area contributed by atoms with Gasteiger partial charge in [-0.15, -0.1) is 0 Å². The minimum atomic E-state index is -0.134. The number of hydrogen-bond acceptors (Lipinski definition) is 2. The van der Waals surface area contributed by atoms with Crippen molar-refractivity contribution in [2.24, 2.45) is 11.8 Å². The van der Waals surface area contributed by atoms with Crippen LogP contribution in [0, 0.1) is 34.5 Å². The van der Waals surface area contributed by atoms with Gasteiger partial charge >= 0.3 is 0 Å². The molecule has 0 aromatic carbocycles. The molecule has 0 aromatic heterocycles. The van der Waals surface area contributed by atoms with Crippen molar-refractivity contribution >= 4 is 0 Å². The molecule has 0 radical (unpaired) electrons. The van der Waals surface area contributed by atoms with E-state index >= 15 is 0 Å². The Morgan fingerprint density at radius 2 is 1.38 bits per heavy atom. The molecule has 2 aliphatic carbocycles. The molecule has 2 rings (SSSR count). The van der Waals surface area contributed by atoms with E-state index in [1.54, 1.807) is 0 Å². The van der Waals surface area contributed by atoms with E-state index in [1.165, 1.54) is 5.57 Å². The number of nitriles is 2. The Morgan fingerprint density at radius 1 is 0.875 bits per heavy atom. The summed E-state index contributed by atoms with van der Waals surface area (Å²) in [5.74, 6) is -0.268. The molecular formula is C14H12N2. The van der Waals surface area contributed by atoms with Crippen LogP contribution in [-0.2, 0) is 0 Å². The van der Waals surface area contributed by atoms with E-state index in [0.29, 0.717) is 0 Å². The highest BCUT2D eigenvalue weighted by Crippen LogP contribution is 2.37. The molecule has 0 amide bonds. The van der Waals surface area contributed by atoms with Gasteiger partial charge in [0.15, 0.2) is 0 Å². The lowest BCUT2D eigenvalue weighted by Gasteiger charge is -2.00. The highest BCUT2D eigenvalue weighted by atomic mass is 14.4. The van der Waals surface area contributed by atoms with Gasteiger partial charge in [0.05, 0.1) is 24.0 Å². The van der Waals surface area contributed by atoms with Crippen LogP contribution in [0.4, 0.5) is 0 Å². The Bertz CT molecular complexity index is 436. The van der Waals surface area contributed by atoms with Gasteiger partial charge in [0.25, 0.3) is 0 Å². The molecule has 0 spiro atoms. The van der Waals surface area contributed by atoms with Gasteiger partial charge in [-0.25, -0.2) is 0 Å². The maximum absolute atomic E-state index is 8.97. The van der Waals surface area contributed by atoms with Gasteiger partial charge in [0, 0.05) is 0 Å². The first-order chi connectivity index (χ1) is 7.85. The molecule has 2 atom stereocenters. The van der Waals surface area contributed by atoms with E-state index in [2.05, 4.69) is 12.1 Å². The quantitative estimate of drug-likeness (QED) is 0.614. The Labute approximate surface area is 95.5 Å². The average molecular weight is 208 g/mol. The fourth-order valence-corrected chi connectivity index (χ4v) is 2.14. The first-order valence-electron chi connectivity index (χ1n) is 5.38. The minimum absolute atomic E-state index is 0.134. The summed E-state index contributed by atoms with van der Waals surface area (Å²) in [6.07, 6.45) is 13.5. The summed E-state index contributed by atoms with van der Waals surface area (Å²) in [6, 6.07) is 4.46. The molecular weight excluding hydrogens is 196 g/mol. The second-order valence-corrected chi connectivity index (χ2v) is 4.04. The molecule has 16 heavy (non-hydrogen) atoms. The monoisotopic (exact) mass is 208 g/mol. The fraction of sp³-hybridized carbons (Fsp3) is 0.286. The standard InChI is InChI=1S/C14H12N2/c15-9-13-7-12(8-14(13)10-16)11-5-3-1-2-4-6-11/h1-6,13-14H,7-8H2/t13-,14-/m0/s1. The fourth-order valence-electron chi connectivity index (χ4n) is 2.14. The van der Waals surface area contributed by atoms with Crippen LogP contribution in [0.25, 0.3) is 0 Å². The molecule has 2 heteroatoms. The van der Waals surface area contributed by atoms with Crippen molar-refractivity contribution in [1.29, 1.82) is 10.5 Å². The highest BCUT2D eigenvalue weighted by molar-refractivity contribution is 5.43. The predicted molar refractivity (Wildman–Crippen MR) is 61.9 cm³/mol. The predicted octanol–water partition coefficient (Wildman–Crippen LogP) is 3.04. The highest BCUT2D eigenvalue weighted by Gasteiger charge is 2.31. The maximum atomic E-state index is 8.97. The molecule has 0 aromatic rings. The Kier molecular flexibility index (Phi) is 3.03. The lowest BCUT2D eigenvalue weighted by molar-refractivity contribution is 0.582. The minimum Gasteiger partial charge on any atom is -0.198 e. The molecule has 0 heterocycles. The molecule has 78 valence electrons. The SMILES string of the molecule is N#C[C@@H]1CC(=C2C=CC=CC=C2)C[C@H]1C#N. The summed E-state index contributed by atoms with van der Waals surface area (Å²) < 4.78 is 0.